The van der Waals surface area contributed by atoms with Crippen molar-refractivity contribution in [1.29, 1.82) is 0 Å². The molecule has 3 heterocycles. The van der Waals surface area contributed by atoms with Crippen LogP contribution in [0, 0.1) is 12.7 Å². The lowest BCUT2D eigenvalue weighted by Gasteiger charge is -2.09. The smallest absolute Gasteiger partial charge is 0.204 e. The molecule has 7 heteroatoms. The number of fused-ring (bicyclic) bond motifs is 1. The van der Waals surface area contributed by atoms with Crippen molar-refractivity contribution >= 4 is 27.4 Å². The van der Waals surface area contributed by atoms with Gasteiger partial charge >= 0.3 is 0 Å². The van der Waals surface area contributed by atoms with Gasteiger partial charge in [0.05, 0.1) is 11.6 Å². The molecule has 0 aliphatic carbocycles. The van der Waals surface area contributed by atoms with Crippen molar-refractivity contribution in [3.8, 4) is 11.6 Å². The number of halogens is 1. The zero-order chi connectivity index (χ0) is 16.5. The summed E-state index contributed by atoms with van der Waals surface area (Å²) in [7, 11) is 0. The van der Waals surface area contributed by atoms with Crippen LogP contribution < -0.4 is 5.32 Å². The molecule has 0 atom stereocenters. The van der Waals surface area contributed by atoms with E-state index in [0.29, 0.717) is 18.1 Å². The van der Waals surface area contributed by atoms with Crippen molar-refractivity contribution in [2.24, 2.45) is 0 Å². The number of hydrogen-bond acceptors (Lipinski definition) is 6. The first-order valence-corrected chi connectivity index (χ1v) is 8.24. The van der Waals surface area contributed by atoms with E-state index in [1.807, 2.05) is 12.3 Å². The lowest BCUT2D eigenvalue weighted by atomic mass is 10.2. The van der Waals surface area contributed by atoms with Crippen LogP contribution in [-0.4, -0.2) is 15.1 Å². The summed E-state index contributed by atoms with van der Waals surface area (Å²) in [5.41, 5.74) is 2.08. The second kappa shape index (κ2) is 6.01. The van der Waals surface area contributed by atoms with Crippen LogP contribution in [0.2, 0.25) is 0 Å². The number of rotatable bonds is 4. The zero-order valence-corrected chi connectivity index (χ0v) is 13.6. The normalized spacial score (nSPS) is 11.1. The van der Waals surface area contributed by atoms with Crippen molar-refractivity contribution in [2.75, 3.05) is 5.32 Å². The highest BCUT2D eigenvalue weighted by Gasteiger charge is 2.15. The quantitative estimate of drug-likeness (QED) is 0.596. The summed E-state index contributed by atoms with van der Waals surface area (Å²) in [5, 5.41) is 10.1. The first kappa shape index (κ1) is 14.8. The molecule has 0 fully saturated rings. The number of hydrogen-bond donors (Lipinski definition) is 1. The van der Waals surface area contributed by atoms with E-state index in [1.54, 1.807) is 35.7 Å². The van der Waals surface area contributed by atoms with Crippen LogP contribution >= 0.6 is 11.3 Å². The van der Waals surface area contributed by atoms with Gasteiger partial charge in [-0.25, -0.2) is 14.4 Å². The number of nitrogens with one attached hydrogen (secondary N) is 1. The number of aromatic nitrogens is 3. The zero-order valence-electron chi connectivity index (χ0n) is 12.8. The van der Waals surface area contributed by atoms with Crippen LogP contribution in [0.15, 0.2) is 46.4 Å². The predicted octanol–water partition coefficient (Wildman–Crippen LogP) is 4.41. The van der Waals surface area contributed by atoms with E-state index < -0.39 is 0 Å². The summed E-state index contributed by atoms with van der Waals surface area (Å²) in [5.74, 6) is 1.50. The maximum absolute atomic E-state index is 13.0. The third-order valence-electron chi connectivity index (χ3n) is 3.65. The molecular formula is C17H13FN4OS. The van der Waals surface area contributed by atoms with Crippen molar-refractivity contribution in [1.82, 2.24) is 15.1 Å². The molecule has 0 saturated carbocycles. The first-order valence-electron chi connectivity index (χ1n) is 7.36. The van der Waals surface area contributed by atoms with Crippen molar-refractivity contribution < 1.29 is 8.91 Å². The Morgan fingerprint density at radius 2 is 2.00 bits per heavy atom. The van der Waals surface area contributed by atoms with Crippen LogP contribution in [0.4, 0.5) is 10.2 Å². The number of nitrogens with zero attached hydrogens (tertiary/aromatic N) is 3. The van der Waals surface area contributed by atoms with Crippen LogP contribution in [0.1, 0.15) is 11.1 Å². The van der Waals surface area contributed by atoms with Crippen LogP contribution in [-0.2, 0) is 6.54 Å². The second-order valence-electron chi connectivity index (χ2n) is 5.35. The summed E-state index contributed by atoms with van der Waals surface area (Å²) in [6.07, 6.45) is 1.56. The highest BCUT2D eigenvalue weighted by atomic mass is 32.1. The highest BCUT2D eigenvalue weighted by molar-refractivity contribution is 7.17. The average molecular weight is 340 g/mol. The number of aryl methyl sites for hydroxylation is 1. The minimum atomic E-state index is -0.246. The van der Waals surface area contributed by atoms with Gasteiger partial charge in [-0.1, -0.05) is 17.3 Å². The van der Waals surface area contributed by atoms with E-state index >= 15 is 0 Å². The summed E-state index contributed by atoms with van der Waals surface area (Å²) < 4.78 is 18.2. The molecule has 5 nitrogen and oxygen atoms in total. The molecular weight excluding hydrogens is 327 g/mol. The fourth-order valence-electron chi connectivity index (χ4n) is 2.44. The lowest BCUT2D eigenvalue weighted by Crippen LogP contribution is -2.04. The topological polar surface area (TPSA) is 63.8 Å². The Balaban J connectivity index is 1.72. The van der Waals surface area contributed by atoms with E-state index in [1.165, 1.54) is 12.1 Å². The standard InChI is InChI=1S/C17H13FN4OS/c1-10-9-24-17-14(10)16(19-8-11-2-4-12(18)5-3-11)21-15(22-17)13-6-7-20-23-13/h2-7,9H,8H2,1H3,(H,19,21,22). The molecule has 0 aliphatic heterocycles. The van der Waals surface area contributed by atoms with Crippen LogP contribution in [0.5, 0.6) is 0 Å². The Morgan fingerprint density at radius 1 is 1.17 bits per heavy atom. The van der Waals surface area contributed by atoms with E-state index in [0.717, 1.165) is 27.2 Å². The third-order valence-corrected chi connectivity index (χ3v) is 4.64. The van der Waals surface area contributed by atoms with Gasteiger partial charge in [0.15, 0.2) is 0 Å². The molecule has 3 aromatic heterocycles. The van der Waals surface area contributed by atoms with Gasteiger partial charge < -0.3 is 9.84 Å². The Morgan fingerprint density at radius 3 is 2.75 bits per heavy atom. The Labute approximate surface area is 141 Å². The summed E-state index contributed by atoms with van der Waals surface area (Å²) in [4.78, 5) is 10.0. The summed E-state index contributed by atoms with van der Waals surface area (Å²) in [6.45, 7) is 2.57. The third kappa shape index (κ3) is 2.74. The van der Waals surface area contributed by atoms with Crippen LogP contribution in [0.25, 0.3) is 21.8 Å². The second-order valence-corrected chi connectivity index (χ2v) is 6.21. The predicted molar refractivity (Wildman–Crippen MR) is 91.4 cm³/mol. The van der Waals surface area contributed by atoms with E-state index in [2.05, 4.69) is 20.4 Å². The highest BCUT2D eigenvalue weighted by Crippen LogP contribution is 2.31. The lowest BCUT2D eigenvalue weighted by molar-refractivity contribution is 0.430. The monoisotopic (exact) mass is 340 g/mol. The number of thiophene rings is 1. The van der Waals surface area contributed by atoms with E-state index in [9.17, 15) is 4.39 Å². The van der Waals surface area contributed by atoms with Gasteiger partial charge in [-0.05, 0) is 35.6 Å². The molecule has 4 rings (SSSR count). The van der Waals surface area contributed by atoms with Crippen molar-refractivity contribution in [2.45, 2.75) is 13.5 Å². The Hall–Kier alpha value is -2.80. The fraction of sp³-hybridized carbons (Fsp3) is 0.118. The molecule has 0 saturated heterocycles. The maximum atomic E-state index is 13.0. The minimum absolute atomic E-state index is 0.246. The molecule has 0 unspecified atom stereocenters. The molecule has 0 aliphatic rings. The molecule has 1 aromatic carbocycles. The molecule has 1 N–H and O–H groups in total. The van der Waals surface area contributed by atoms with Crippen LogP contribution in [0.3, 0.4) is 0 Å². The largest absolute Gasteiger partial charge is 0.365 e. The van der Waals surface area contributed by atoms with E-state index in [-0.39, 0.29) is 5.82 Å². The fourth-order valence-corrected chi connectivity index (χ4v) is 3.36. The molecule has 0 bridgehead atoms. The number of anilines is 1. The molecule has 0 radical (unpaired) electrons. The number of benzene rings is 1. The average Bonchev–Trinajstić information content (AvgIpc) is 3.24. The van der Waals surface area contributed by atoms with Gasteiger partial charge in [0.2, 0.25) is 11.6 Å². The molecule has 24 heavy (non-hydrogen) atoms. The van der Waals surface area contributed by atoms with E-state index in [4.69, 9.17) is 4.52 Å². The first-order chi connectivity index (χ1) is 11.7. The SMILES string of the molecule is Cc1csc2nc(-c3ccno3)nc(NCc3ccc(F)cc3)c12. The maximum Gasteiger partial charge on any atom is 0.204 e. The van der Waals surface area contributed by atoms with Gasteiger partial charge in [-0.2, -0.15) is 0 Å². The Bertz CT molecular complexity index is 980. The van der Waals surface area contributed by atoms with Gasteiger partial charge in [-0.15, -0.1) is 11.3 Å². The summed E-state index contributed by atoms with van der Waals surface area (Å²) >= 11 is 1.56. The van der Waals surface area contributed by atoms with Gasteiger partial charge in [-0.3, -0.25) is 0 Å². The van der Waals surface area contributed by atoms with Gasteiger partial charge in [0, 0.05) is 12.6 Å². The molecule has 120 valence electrons. The molecule has 0 amide bonds. The van der Waals surface area contributed by atoms with Crippen molar-refractivity contribution in [3.05, 3.63) is 58.9 Å². The van der Waals surface area contributed by atoms with Gasteiger partial charge in [0.1, 0.15) is 16.5 Å². The summed E-state index contributed by atoms with van der Waals surface area (Å²) in [6, 6.07) is 8.12. The molecule has 0 spiro atoms. The van der Waals surface area contributed by atoms with Crippen molar-refractivity contribution in [3.63, 3.8) is 0 Å². The Kier molecular flexibility index (Phi) is 3.70. The molecule has 4 aromatic rings. The minimum Gasteiger partial charge on any atom is -0.365 e. The van der Waals surface area contributed by atoms with Gasteiger partial charge in [0.25, 0.3) is 0 Å².